The quantitative estimate of drug-likeness (QED) is 0.563. The normalized spacial score (nSPS) is 18.3. The summed E-state index contributed by atoms with van der Waals surface area (Å²) in [6.45, 7) is 7.09. The van der Waals surface area contributed by atoms with E-state index >= 15 is 4.39 Å². The van der Waals surface area contributed by atoms with Crippen LogP contribution in [0.1, 0.15) is 29.9 Å². The van der Waals surface area contributed by atoms with E-state index in [-0.39, 0.29) is 30.0 Å². The summed E-state index contributed by atoms with van der Waals surface area (Å²) >= 11 is 0. The Morgan fingerprint density at radius 3 is 2.78 bits per heavy atom. The first kappa shape index (κ1) is 22.7. The molecule has 9 nitrogen and oxygen atoms in total. The van der Waals surface area contributed by atoms with Crippen LogP contribution in [0, 0.1) is 5.82 Å². The molecule has 3 aromatic rings. The minimum absolute atomic E-state index is 0.00397. The molecular formula is C26H28FN7O2. The number of ether oxygens (including phenoxy) is 1. The van der Waals surface area contributed by atoms with Crippen LogP contribution in [0.5, 0.6) is 5.75 Å². The first-order valence-electron chi connectivity index (χ1n) is 12.2. The number of amides is 1. The van der Waals surface area contributed by atoms with Crippen molar-refractivity contribution in [2.75, 3.05) is 31.5 Å². The standard InChI is InChI=1S/C26H28FN7O2/c1-3-23(35)34-12-19(13-34)33-6-4-16(5-7-33)17-8-21(27)25-22(9-17)31-26-20(14-36-25)24(28-15-29-26)18-10-30-32(2)11-18/h3,8-11,15-16,19H,1,4-7,12-14H2,2H3,(H,28,29,31). The van der Waals surface area contributed by atoms with Gasteiger partial charge in [-0.25, -0.2) is 14.4 Å². The molecule has 0 bridgehead atoms. The predicted octanol–water partition coefficient (Wildman–Crippen LogP) is 3.23. The molecule has 1 N–H and O–H groups in total. The fourth-order valence-electron chi connectivity index (χ4n) is 5.40. The van der Waals surface area contributed by atoms with E-state index < -0.39 is 0 Å². The molecule has 0 aliphatic carbocycles. The summed E-state index contributed by atoms with van der Waals surface area (Å²) in [6.07, 6.45) is 8.37. The Morgan fingerprint density at radius 1 is 1.25 bits per heavy atom. The van der Waals surface area contributed by atoms with Gasteiger partial charge < -0.3 is 15.0 Å². The second kappa shape index (κ2) is 9.02. The molecule has 0 unspecified atom stereocenters. The van der Waals surface area contributed by atoms with Crippen LogP contribution in [0.25, 0.3) is 11.3 Å². The number of nitrogens with zero attached hydrogens (tertiary/aromatic N) is 6. The highest BCUT2D eigenvalue weighted by Crippen LogP contribution is 2.41. The van der Waals surface area contributed by atoms with E-state index in [0.717, 1.165) is 55.7 Å². The summed E-state index contributed by atoms with van der Waals surface area (Å²) in [6, 6.07) is 4.00. The highest BCUT2D eigenvalue weighted by atomic mass is 19.1. The van der Waals surface area contributed by atoms with Gasteiger partial charge >= 0.3 is 0 Å². The molecule has 36 heavy (non-hydrogen) atoms. The Hall–Kier alpha value is -3.79. The molecule has 5 heterocycles. The van der Waals surface area contributed by atoms with E-state index in [0.29, 0.717) is 23.2 Å². The van der Waals surface area contributed by atoms with Crippen LogP contribution in [-0.2, 0) is 18.4 Å². The lowest BCUT2D eigenvalue weighted by molar-refractivity contribution is -0.133. The van der Waals surface area contributed by atoms with Gasteiger partial charge in [0.1, 0.15) is 18.8 Å². The maximum atomic E-state index is 15.3. The van der Waals surface area contributed by atoms with Crippen LogP contribution >= 0.6 is 0 Å². The Bertz CT molecular complexity index is 1330. The molecule has 1 aromatic carbocycles. The zero-order chi connectivity index (χ0) is 24.8. The van der Waals surface area contributed by atoms with Crippen LogP contribution in [0.4, 0.5) is 15.9 Å². The average Bonchev–Trinajstić information content (AvgIpc) is 3.19. The van der Waals surface area contributed by atoms with Crippen molar-refractivity contribution in [3.05, 3.63) is 60.5 Å². The van der Waals surface area contributed by atoms with Gasteiger partial charge in [0.05, 0.1) is 23.1 Å². The van der Waals surface area contributed by atoms with Crippen molar-refractivity contribution in [3.8, 4) is 17.0 Å². The van der Waals surface area contributed by atoms with E-state index in [4.69, 9.17) is 4.74 Å². The smallest absolute Gasteiger partial charge is 0.246 e. The molecule has 6 rings (SSSR count). The van der Waals surface area contributed by atoms with Crippen molar-refractivity contribution in [3.63, 3.8) is 0 Å². The number of likely N-dealkylation sites (tertiary alicyclic amines) is 2. The van der Waals surface area contributed by atoms with Crippen LogP contribution in [0.3, 0.4) is 0 Å². The molecular weight excluding hydrogens is 461 g/mol. The number of anilines is 2. The van der Waals surface area contributed by atoms with Gasteiger partial charge in [-0.2, -0.15) is 5.10 Å². The summed E-state index contributed by atoms with van der Waals surface area (Å²) in [5.41, 5.74) is 3.87. The average molecular weight is 490 g/mol. The van der Waals surface area contributed by atoms with Crippen molar-refractivity contribution in [2.45, 2.75) is 31.4 Å². The lowest BCUT2D eigenvalue weighted by atomic mass is 9.87. The van der Waals surface area contributed by atoms with Crippen molar-refractivity contribution in [2.24, 2.45) is 7.05 Å². The van der Waals surface area contributed by atoms with Crippen LogP contribution in [0.2, 0.25) is 0 Å². The second-order valence-corrected chi connectivity index (χ2v) is 9.66. The molecule has 3 aliphatic heterocycles. The highest BCUT2D eigenvalue weighted by Gasteiger charge is 2.36. The molecule has 1 amide bonds. The van der Waals surface area contributed by atoms with Crippen molar-refractivity contribution in [1.29, 1.82) is 0 Å². The Labute approximate surface area is 208 Å². The predicted molar refractivity (Wildman–Crippen MR) is 132 cm³/mol. The van der Waals surface area contributed by atoms with Crippen molar-refractivity contribution < 1.29 is 13.9 Å². The monoisotopic (exact) mass is 489 g/mol. The third kappa shape index (κ3) is 4.01. The molecule has 0 saturated carbocycles. The third-order valence-corrected chi connectivity index (χ3v) is 7.47. The summed E-state index contributed by atoms with van der Waals surface area (Å²) in [7, 11) is 1.85. The summed E-state index contributed by atoms with van der Waals surface area (Å²) in [4.78, 5) is 24.8. The number of hydrogen-bond donors (Lipinski definition) is 1. The van der Waals surface area contributed by atoms with Gasteiger partial charge in [0.2, 0.25) is 5.91 Å². The largest absolute Gasteiger partial charge is 0.483 e. The topological polar surface area (TPSA) is 88.4 Å². The van der Waals surface area contributed by atoms with Gasteiger partial charge in [-0.05, 0) is 55.6 Å². The zero-order valence-electron chi connectivity index (χ0n) is 20.2. The van der Waals surface area contributed by atoms with Crippen LogP contribution in [-0.4, -0.2) is 67.7 Å². The summed E-state index contributed by atoms with van der Waals surface area (Å²) in [5.74, 6) is 0.688. The van der Waals surface area contributed by atoms with E-state index in [1.54, 1.807) is 16.9 Å². The maximum absolute atomic E-state index is 15.3. The third-order valence-electron chi connectivity index (χ3n) is 7.47. The van der Waals surface area contributed by atoms with E-state index in [1.165, 1.54) is 12.4 Å². The second-order valence-electron chi connectivity index (χ2n) is 9.66. The van der Waals surface area contributed by atoms with Gasteiger partial charge in [-0.1, -0.05) is 6.58 Å². The number of benzene rings is 1. The highest BCUT2D eigenvalue weighted by molar-refractivity contribution is 5.87. The van der Waals surface area contributed by atoms with Crippen LogP contribution in [0.15, 0.2) is 43.5 Å². The first-order chi connectivity index (χ1) is 17.5. The van der Waals surface area contributed by atoms with Gasteiger partial charge in [-0.3, -0.25) is 14.4 Å². The molecule has 2 fully saturated rings. The minimum atomic E-state index is -0.376. The number of piperidine rings is 1. The number of rotatable bonds is 4. The van der Waals surface area contributed by atoms with Gasteiger partial charge in [0, 0.05) is 37.9 Å². The number of aromatic nitrogens is 4. The number of nitrogens with one attached hydrogen (secondary N) is 1. The molecule has 3 aliphatic rings. The lowest BCUT2D eigenvalue weighted by Crippen LogP contribution is -2.61. The zero-order valence-corrected chi connectivity index (χ0v) is 20.2. The number of aryl methyl sites for hydroxylation is 1. The fraction of sp³-hybridized carbons (Fsp3) is 0.385. The van der Waals surface area contributed by atoms with E-state index in [2.05, 4.69) is 31.9 Å². The lowest BCUT2D eigenvalue weighted by Gasteiger charge is -2.47. The number of fused-ring (bicyclic) bond motifs is 2. The molecule has 10 heteroatoms. The number of halogens is 1. The Morgan fingerprint density at radius 2 is 2.06 bits per heavy atom. The van der Waals surface area contributed by atoms with Gasteiger partial charge in [0.25, 0.3) is 0 Å². The molecule has 2 saturated heterocycles. The molecule has 0 radical (unpaired) electrons. The van der Waals surface area contributed by atoms with E-state index in [9.17, 15) is 4.79 Å². The summed E-state index contributed by atoms with van der Waals surface area (Å²) < 4.78 is 22.9. The molecule has 0 atom stereocenters. The van der Waals surface area contributed by atoms with Crippen LogP contribution < -0.4 is 10.1 Å². The number of hydrogen-bond acceptors (Lipinski definition) is 7. The number of carbonyl (C=O) groups excluding carboxylic acids is 1. The SMILES string of the molecule is C=CC(=O)N1CC(N2CCC(c3cc(F)c4c(c3)Nc3ncnc(-c5cnn(C)c5)c3CO4)CC2)C1. The van der Waals surface area contributed by atoms with Gasteiger partial charge in [0.15, 0.2) is 11.6 Å². The Kier molecular flexibility index (Phi) is 5.67. The fourth-order valence-corrected chi connectivity index (χ4v) is 5.40. The first-order valence-corrected chi connectivity index (χ1v) is 12.2. The minimum Gasteiger partial charge on any atom is -0.483 e. The van der Waals surface area contributed by atoms with Crippen molar-refractivity contribution >= 4 is 17.4 Å². The van der Waals surface area contributed by atoms with Gasteiger partial charge in [-0.15, -0.1) is 0 Å². The molecule has 0 spiro atoms. The summed E-state index contributed by atoms with van der Waals surface area (Å²) in [5, 5.41) is 7.54. The maximum Gasteiger partial charge on any atom is 0.246 e. The number of carbonyl (C=O) groups is 1. The Balaban J connectivity index is 1.19. The molecule has 186 valence electrons. The van der Waals surface area contributed by atoms with Crippen molar-refractivity contribution in [1.82, 2.24) is 29.5 Å². The van der Waals surface area contributed by atoms with E-state index in [1.807, 2.05) is 24.2 Å². The molecule has 2 aromatic heterocycles.